The fourth-order valence-electron chi connectivity index (χ4n) is 1.55. The lowest BCUT2D eigenvalue weighted by atomic mass is 10.3. The highest BCUT2D eigenvalue weighted by molar-refractivity contribution is 5.95. The van der Waals surface area contributed by atoms with Gasteiger partial charge in [0, 0.05) is 18.8 Å². The highest BCUT2D eigenvalue weighted by atomic mass is 16.5. The van der Waals surface area contributed by atoms with Crippen molar-refractivity contribution in [3.05, 3.63) is 33.1 Å². The minimum atomic E-state index is -0.660. The van der Waals surface area contributed by atoms with E-state index < -0.39 is 36.0 Å². The van der Waals surface area contributed by atoms with Crippen molar-refractivity contribution in [2.45, 2.75) is 33.4 Å². The van der Waals surface area contributed by atoms with E-state index in [1.165, 1.54) is 16.8 Å². The molecule has 0 aliphatic rings. The summed E-state index contributed by atoms with van der Waals surface area (Å²) in [5, 5.41) is 0. The largest absolute Gasteiger partial charge is 0.466 e. The van der Waals surface area contributed by atoms with Crippen LogP contribution in [0.25, 0.3) is 0 Å². The molecule has 0 N–H and O–H groups in total. The number of Topliss-reactive ketones (excluding diaryl/α,β-unsaturated/α-hetero) is 1. The molecule has 0 aliphatic heterocycles. The van der Waals surface area contributed by atoms with Crippen LogP contribution in [0.15, 0.2) is 21.9 Å². The van der Waals surface area contributed by atoms with Crippen molar-refractivity contribution in [1.29, 1.82) is 0 Å². The van der Waals surface area contributed by atoms with Gasteiger partial charge in [-0.25, -0.2) is 4.79 Å². The molecule has 1 aromatic heterocycles. The van der Waals surface area contributed by atoms with Gasteiger partial charge in [-0.2, -0.15) is 0 Å². The summed E-state index contributed by atoms with van der Waals surface area (Å²) in [5.41, 5.74) is -1.13. The molecule has 0 saturated carbocycles. The summed E-state index contributed by atoms with van der Waals surface area (Å²) in [6, 6.07) is 1.21. The van der Waals surface area contributed by atoms with E-state index in [4.69, 9.17) is 0 Å². The SMILES string of the molecule is CCOC(=O)CC(=O)Cn1c(=O)ccn(CC)c1=O. The number of carbonyl (C=O) groups is 2. The van der Waals surface area contributed by atoms with E-state index in [0.717, 1.165) is 4.57 Å². The van der Waals surface area contributed by atoms with Crippen LogP contribution in [0.2, 0.25) is 0 Å². The van der Waals surface area contributed by atoms with Gasteiger partial charge in [0.1, 0.15) is 6.42 Å². The van der Waals surface area contributed by atoms with E-state index in [9.17, 15) is 19.2 Å². The normalized spacial score (nSPS) is 10.2. The molecule has 0 atom stereocenters. The van der Waals surface area contributed by atoms with Gasteiger partial charge in [-0.1, -0.05) is 0 Å². The van der Waals surface area contributed by atoms with E-state index in [1.807, 2.05) is 0 Å². The Balaban J connectivity index is 2.88. The fourth-order valence-corrected chi connectivity index (χ4v) is 1.55. The second-order valence-electron chi connectivity index (χ2n) is 3.83. The highest BCUT2D eigenvalue weighted by Crippen LogP contribution is 1.91. The van der Waals surface area contributed by atoms with E-state index in [2.05, 4.69) is 4.74 Å². The van der Waals surface area contributed by atoms with Crippen molar-refractivity contribution in [3.63, 3.8) is 0 Å². The van der Waals surface area contributed by atoms with Crippen molar-refractivity contribution in [2.75, 3.05) is 6.61 Å². The van der Waals surface area contributed by atoms with Gasteiger partial charge in [-0.3, -0.25) is 19.0 Å². The molecule has 7 nitrogen and oxygen atoms in total. The van der Waals surface area contributed by atoms with Crippen LogP contribution in [0.3, 0.4) is 0 Å². The fraction of sp³-hybridized carbons (Fsp3) is 0.500. The molecule has 0 aliphatic carbocycles. The molecule has 0 unspecified atom stereocenters. The zero-order valence-electron chi connectivity index (χ0n) is 10.9. The quantitative estimate of drug-likeness (QED) is 0.515. The third-order valence-electron chi connectivity index (χ3n) is 2.46. The maximum Gasteiger partial charge on any atom is 0.331 e. The molecule has 104 valence electrons. The van der Waals surface area contributed by atoms with E-state index >= 15 is 0 Å². The molecule has 1 heterocycles. The number of nitrogens with zero attached hydrogens (tertiary/aromatic N) is 2. The summed E-state index contributed by atoms with van der Waals surface area (Å²) in [5.74, 6) is -1.20. The van der Waals surface area contributed by atoms with Gasteiger partial charge in [0.2, 0.25) is 0 Å². The number of ether oxygens (including phenoxy) is 1. The number of ketones is 1. The summed E-state index contributed by atoms with van der Waals surface area (Å²) >= 11 is 0. The Morgan fingerprint density at radius 1 is 1.26 bits per heavy atom. The molecule has 0 radical (unpaired) electrons. The third-order valence-corrected chi connectivity index (χ3v) is 2.46. The van der Waals surface area contributed by atoms with Crippen molar-refractivity contribution in [2.24, 2.45) is 0 Å². The van der Waals surface area contributed by atoms with Gasteiger partial charge in [0.25, 0.3) is 5.56 Å². The Bertz CT molecular complexity index is 585. The third kappa shape index (κ3) is 3.90. The standard InChI is InChI=1S/C12H16N2O5/c1-3-13-6-5-10(16)14(12(13)18)8-9(15)7-11(17)19-4-2/h5-6H,3-4,7-8H2,1-2H3. The highest BCUT2D eigenvalue weighted by Gasteiger charge is 2.13. The summed E-state index contributed by atoms with van der Waals surface area (Å²) in [6.07, 6.45) is 0.928. The van der Waals surface area contributed by atoms with Crippen LogP contribution < -0.4 is 11.2 Å². The molecule has 0 amide bonds. The molecule has 19 heavy (non-hydrogen) atoms. The average Bonchev–Trinajstić information content (AvgIpc) is 2.35. The van der Waals surface area contributed by atoms with E-state index in [1.54, 1.807) is 13.8 Å². The lowest BCUT2D eigenvalue weighted by Gasteiger charge is -2.07. The first-order valence-corrected chi connectivity index (χ1v) is 5.97. The molecule has 0 fully saturated rings. The van der Waals surface area contributed by atoms with Crippen LogP contribution in [0.1, 0.15) is 20.3 Å². The van der Waals surface area contributed by atoms with Crippen LogP contribution in [0, 0.1) is 0 Å². The van der Waals surface area contributed by atoms with Crippen molar-refractivity contribution in [3.8, 4) is 0 Å². The topological polar surface area (TPSA) is 87.4 Å². The summed E-state index contributed by atoms with van der Waals surface area (Å²) in [4.78, 5) is 46.1. The molecule has 0 bridgehead atoms. The lowest BCUT2D eigenvalue weighted by molar-refractivity contribution is -0.145. The number of hydrogen-bond acceptors (Lipinski definition) is 5. The van der Waals surface area contributed by atoms with Crippen LogP contribution in [-0.4, -0.2) is 27.5 Å². The number of aromatic nitrogens is 2. The number of esters is 1. The average molecular weight is 268 g/mol. The van der Waals surface area contributed by atoms with Gasteiger partial charge < -0.3 is 9.30 Å². The molecule has 7 heteroatoms. The minimum absolute atomic E-state index is 0.181. The van der Waals surface area contributed by atoms with E-state index in [-0.39, 0.29) is 6.61 Å². The van der Waals surface area contributed by atoms with Crippen LogP contribution in [0.5, 0.6) is 0 Å². The van der Waals surface area contributed by atoms with Gasteiger partial charge in [0.15, 0.2) is 5.78 Å². The van der Waals surface area contributed by atoms with Gasteiger partial charge in [-0.15, -0.1) is 0 Å². The van der Waals surface area contributed by atoms with Crippen LogP contribution in [0.4, 0.5) is 0 Å². The number of hydrogen-bond donors (Lipinski definition) is 0. The molecule has 1 rings (SSSR count). The number of carbonyl (C=O) groups excluding carboxylic acids is 2. The van der Waals surface area contributed by atoms with Crippen molar-refractivity contribution in [1.82, 2.24) is 9.13 Å². The second kappa shape index (κ2) is 6.67. The molecule has 1 aromatic rings. The lowest BCUT2D eigenvalue weighted by Crippen LogP contribution is -2.40. The van der Waals surface area contributed by atoms with Gasteiger partial charge in [-0.05, 0) is 13.8 Å². The molecule has 0 spiro atoms. The van der Waals surface area contributed by atoms with E-state index in [0.29, 0.717) is 6.54 Å². The monoisotopic (exact) mass is 268 g/mol. The number of aryl methyl sites for hydroxylation is 1. The first-order chi connectivity index (χ1) is 8.99. The van der Waals surface area contributed by atoms with Crippen molar-refractivity contribution >= 4 is 11.8 Å². The first kappa shape index (κ1) is 14.9. The zero-order chi connectivity index (χ0) is 14.4. The Morgan fingerprint density at radius 3 is 2.53 bits per heavy atom. The predicted molar refractivity (Wildman–Crippen MR) is 66.9 cm³/mol. The van der Waals surface area contributed by atoms with Gasteiger partial charge in [0.05, 0.1) is 13.2 Å². The molecular formula is C12H16N2O5. The summed E-state index contributed by atoms with van der Waals surface area (Å²) in [7, 11) is 0. The van der Waals surface area contributed by atoms with Crippen LogP contribution in [-0.2, 0) is 27.4 Å². The Labute approximate surface area is 109 Å². The molecule has 0 aromatic carbocycles. The summed E-state index contributed by atoms with van der Waals surface area (Å²) < 4.78 is 6.74. The van der Waals surface area contributed by atoms with Gasteiger partial charge >= 0.3 is 11.7 Å². The Kier molecular flexibility index (Phi) is 5.23. The minimum Gasteiger partial charge on any atom is -0.466 e. The smallest absolute Gasteiger partial charge is 0.331 e. The molecular weight excluding hydrogens is 252 g/mol. The van der Waals surface area contributed by atoms with Crippen molar-refractivity contribution < 1.29 is 14.3 Å². The zero-order valence-corrected chi connectivity index (χ0v) is 10.9. The summed E-state index contributed by atoms with van der Waals surface area (Å²) in [6.45, 7) is 3.53. The maximum atomic E-state index is 11.8. The maximum absolute atomic E-state index is 11.8. The molecule has 0 saturated heterocycles. The number of rotatable bonds is 6. The second-order valence-corrected chi connectivity index (χ2v) is 3.83. The van der Waals surface area contributed by atoms with Crippen LogP contribution >= 0.6 is 0 Å². The predicted octanol–water partition coefficient (Wildman–Crippen LogP) is -0.448. The first-order valence-electron chi connectivity index (χ1n) is 5.97. The Hall–Kier alpha value is -2.18. The Morgan fingerprint density at radius 2 is 1.95 bits per heavy atom.